The van der Waals surface area contributed by atoms with Gasteiger partial charge < -0.3 is 20.1 Å². The summed E-state index contributed by atoms with van der Waals surface area (Å²) < 4.78 is 10.6. The highest BCUT2D eigenvalue weighted by molar-refractivity contribution is 6.08. The number of hydrogen-bond acceptors (Lipinski definition) is 4. The van der Waals surface area contributed by atoms with Gasteiger partial charge in [0.15, 0.2) is 0 Å². The number of nitrogens with one attached hydrogen (secondary N) is 2. The van der Waals surface area contributed by atoms with Gasteiger partial charge in [0.25, 0.3) is 5.91 Å². The lowest BCUT2D eigenvalue weighted by molar-refractivity contribution is -0.117. The average molecular weight is 404 g/mol. The van der Waals surface area contributed by atoms with Crippen LogP contribution in [0.4, 0.5) is 5.69 Å². The lowest BCUT2D eigenvalue weighted by Crippen LogP contribution is -2.25. The summed E-state index contributed by atoms with van der Waals surface area (Å²) in [6.45, 7) is 0.301. The number of anilines is 1. The number of carbonyl (C=O) groups excluding carboxylic acids is 2. The molecule has 4 rings (SSSR count). The van der Waals surface area contributed by atoms with Gasteiger partial charge >= 0.3 is 0 Å². The predicted octanol–water partition coefficient (Wildman–Crippen LogP) is 4.14. The zero-order valence-corrected chi connectivity index (χ0v) is 17.0. The highest BCUT2D eigenvalue weighted by Crippen LogP contribution is 2.32. The Balaban J connectivity index is 1.59. The molecule has 0 saturated heterocycles. The van der Waals surface area contributed by atoms with Gasteiger partial charge in [-0.15, -0.1) is 0 Å². The largest absolute Gasteiger partial charge is 0.497 e. The molecular formula is C24H24N2O4. The maximum Gasteiger partial charge on any atom is 0.253 e. The number of carbonyl (C=O) groups is 2. The topological polar surface area (TPSA) is 76.7 Å². The van der Waals surface area contributed by atoms with Crippen molar-refractivity contribution in [2.45, 2.75) is 19.4 Å². The van der Waals surface area contributed by atoms with Crippen LogP contribution in [0.5, 0.6) is 11.5 Å². The Morgan fingerprint density at radius 3 is 2.17 bits per heavy atom. The van der Waals surface area contributed by atoms with E-state index in [-0.39, 0.29) is 17.7 Å². The highest BCUT2D eigenvalue weighted by atomic mass is 16.5. The SMILES string of the molecule is COc1cc(CNC(=O)c2cc3ccccc3cc2NC(=O)C2CC2)cc(OC)c1. The van der Waals surface area contributed by atoms with Crippen LogP contribution in [-0.4, -0.2) is 26.0 Å². The second-order valence-electron chi connectivity index (χ2n) is 7.41. The van der Waals surface area contributed by atoms with E-state index >= 15 is 0 Å². The van der Waals surface area contributed by atoms with Crippen LogP contribution in [0.25, 0.3) is 10.8 Å². The molecule has 0 bridgehead atoms. The van der Waals surface area contributed by atoms with Crippen molar-refractivity contribution in [1.82, 2.24) is 5.32 Å². The van der Waals surface area contributed by atoms with Crippen LogP contribution in [0.2, 0.25) is 0 Å². The first-order valence-corrected chi connectivity index (χ1v) is 9.91. The molecule has 1 aliphatic carbocycles. The van der Waals surface area contributed by atoms with E-state index in [1.54, 1.807) is 20.3 Å². The van der Waals surface area contributed by atoms with E-state index in [4.69, 9.17) is 9.47 Å². The Kier molecular flexibility index (Phi) is 5.57. The lowest BCUT2D eigenvalue weighted by Gasteiger charge is -2.14. The van der Waals surface area contributed by atoms with Crippen molar-refractivity contribution in [3.63, 3.8) is 0 Å². The number of methoxy groups -OCH3 is 2. The maximum atomic E-state index is 13.0. The van der Waals surface area contributed by atoms with E-state index < -0.39 is 0 Å². The fourth-order valence-corrected chi connectivity index (χ4v) is 3.36. The Morgan fingerprint density at radius 2 is 1.57 bits per heavy atom. The predicted molar refractivity (Wildman–Crippen MR) is 116 cm³/mol. The van der Waals surface area contributed by atoms with Gasteiger partial charge in [0.1, 0.15) is 11.5 Å². The molecule has 0 aliphatic heterocycles. The van der Waals surface area contributed by atoms with Gasteiger partial charge in [-0.3, -0.25) is 9.59 Å². The van der Waals surface area contributed by atoms with Crippen LogP contribution in [0.3, 0.4) is 0 Å². The molecule has 0 spiro atoms. The van der Waals surface area contributed by atoms with Gasteiger partial charge in [-0.25, -0.2) is 0 Å². The summed E-state index contributed by atoms with van der Waals surface area (Å²) in [6.07, 6.45) is 1.80. The molecule has 0 heterocycles. The number of fused-ring (bicyclic) bond motifs is 1. The smallest absolute Gasteiger partial charge is 0.253 e. The minimum Gasteiger partial charge on any atom is -0.497 e. The molecule has 1 saturated carbocycles. The first-order chi connectivity index (χ1) is 14.6. The monoisotopic (exact) mass is 404 g/mol. The number of benzene rings is 3. The first kappa shape index (κ1) is 19.8. The zero-order chi connectivity index (χ0) is 21.1. The molecule has 1 fully saturated rings. The summed E-state index contributed by atoms with van der Waals surface area (Å²) in [5, 5.41) is 7.79. The van der Waals surface area contributed by atoms with Gasteiger partial charge in [0.05, 0.1) is 25.5 Å². The van der Waals surface area contributed by atoms with Crippen molar-refractivity contribution in [1.29, 1.82) is 0 Å². The van der Waals surface area contributed by atoms with Crippen LogP contribution < -0.4 is 20.1 Å². The number of hydrogen-bond donors (Lipinski definition) is 2. The Hall–Kier alpha value is -3.54. The third kappa shape index (κ3) is 4.38. The van der Waals surface area contributed by atoms with E-state index in [1.165, 1.54) is 0 Å². The molecule has 3 aromatic carbocycles. The Bertz CT molecular complexity index is 1080. The minimum atomic E-state index is -0.256. The molecule has 154 valence electrons. The first-order valence-electron chi connectivity index (χ1n) is 9.91. The summed E-state index contributed by atoms with van der Waals surface area (Å²) in [5.74, 6) is 1.07. The van der Waals surface area contributed by atoms with E-state index in [0.29, 0.717) is 29.3 Å². The summed E-state index contributed by atoms with van der Waals surface area (Å²) in [7, 11) is 3.17. The third-order valence-corrected chi connectivity index (χ3v) is 5.20. The number of amides is 2. The van der Waals surface area contributed by atoms with Gasteiger partial charge in [-0.05, 0) is 53.4 Å². The lowest BCUT2D eigenvalue weighted by atomic mass is 10.0. The molecule has 6 nitrogen and oxygen atoms in total. The minimum absolute atomic E-state index is 0.0307. The van der Waals surface area contributed by atoms with Crippen LogP contribution >= 0.6 is 0 Å². The van der Waals surface area contributed by atoms with Crippen molar-refractivity contribution in [3.05, 3.63) is 65.7 Å². The molecule has 2 N–H and O–H groups in total. The van der Waals surface area contributed by atoms with Crippen LogP contribution in [0, 0.1) is 5.92 Å². The second-order valence-corrected chi connectivity index (χ2v) is 7.41. The van der Waals surface area contributed by atoms with Gasteiger partial charge in [0.2, 0.25) is 5.91 Å². The van der Waals surface area contributed by atoms with E-state index in [2.05, 4.69) is 10.6 Å². The maximum absolute atomic E-state index is 13.0. The van der Waals surface area contributed by atoms with Gasteiger partial charge in [0, 0.05) is 18.5 Å². The Labute approximate surface area is 175 Å². The molecule has 1 aliphatic rings. The molecule has 0 unspecified atom stereocenters. The number of ether oxygens (including phenoxy) is 2. The summed E-state index contributed by atoms with van der Waals surface area (Å²) in [4.78, 5) is 25.4. The van der Waals surface area contributed by atoms with E-state index in [0.717, 1.165) is 29.2 Å². The van der Waals surface area contributed by atoms with E-state index in [1.807, 2.05) is 48.5 Å². The van der Waals surface area contributed by atoms with Crippen molar-refractivity contribution >= 4 is 28.3 Å². The summed E-state index contributed by atoms with van der Waals surface area (Å²) >= 11 is 0. The highest BCUT2D eigenvalue weighted by Gasteiger charge is 2.30. The molecule has 3 aromatic rings. The van der Waals surface area contributed by atoms with Crippen molar-refractivity contribution in [2.24, 2.45) is 5.92 Å². The summed E-state index contributed by atoms with van der Waals surface area (Å²) in [5.41, 5.74) is 1.83. The fraction of sp³-hybridized carbons (Fsp3) is 0.250. The molecule has 0 radical (unpaired) electrons. The number of rotatable bonds is 7. The van der Waals surface area contributed by atoms with Crippen molar-refractivity contribution in [2.75, 3.05) is 19.5 Å². The van der Waals surface area contributed by atoms with E-state index in [9.17, 15) is 9.59 Å². The van der Waals surface area contributed by atoms with Crippen LogP contribution in [0.1, 0.15) is 28.8 Å². The Morgan fingerprint density at radius 1 is 0.933 bits per heavy atom. The molecule has 30 heavy (non-hydrogen) atoms. The molecular weight excluding hydrogens is 380 g/mol. The quantitative estimate of drug-likeness (QED) is 0.621. The van der Waals surface area contributed by atoms with Crippen molar-refractivity contribution in [3.8, 4) is 11.5 Å². The molecule has 0 atom stereocenters. The van der Waals surface area contributed by atoms with Gasteiger partial charge in [-0.2, -0.15) is 0 Å². The zero-order valence-electron chi connectivity index (χ0n) is 17.0. The third-order valence-electron chi connectivity index (χ3n) is 5.20. The summed E-state index contributed by atoms with van der Waals surface area (Å²) in [6, 6.07) is 16.9. The second kappa shape index (κ2) is 8.45. The molecule has 0 aromatic heterocycles. The van der Waals surface area contributed by atoms with Crippen LogP contribution in [-0.2, 0) is 11.3 Å². The van der Waals surface area contributed by atoms with Gasteiger partial charge in [-0.1, -0.05) is 24.3 Å². The average Bonchev–Trinajstić information content (AvgIpc) is 3.62. The molecule has 6 heteroatoms. The molecule has 2 amide bonds. The standard InChI is InChI=1S/C24H24N2O4/c1-29-19-9-15(10-20(13-19)30-2)14-25-24(28)21-11-17-5-3-4-6-18(17)12-22(21)26-23(27)16-7-8-16/h3-6,9-13,16H,7-8,14H2,1-2H3,(H,25,28)(H,26,27). The van der Waals surface area contributed by atoms with Crippen LogP contribution in [0.15, 0.2) is 54.6 Å². The fourth-order valence-electron chi connectivity index (χ4n) is 3.36. The normalized spacial score (nSPS) is 13.0. The van der Waals surface area contributed by atoms with Crippen molar-refractivity contribution < 1.29 is 19.1 Å².